The van der Waals surface area contributed by atoms with E-state index in [1.165, 1.54) is 0 Å². The van der Waals surface area contributed by atoms with Crippen LogP contribution in [0.5, 0.6) is 0 Å². The van der Waals surface area contributed by atoms with Crippen molar-refractivity contribution >= 4 is 21.6 Å². The fraction of sp³-hybridized carbons (Fsp3) is 0.214. The summed E-state index contributed by atoms with van der Waals surface area (Å²) in [5.41, 5.74) is 1.55. The van der Waals surface area contributed by atoms with Gasteiger partial charge in [0.15, 0.2) is 0 Å². The van der Waals surface area contributed by atoms with Gasteiger partial charge in [0.1, 0.15) is 17.6 Å². The van der Waals surface area contributed by atoms with Gasteiger partial charge in [0, 0.05) is 11.5 Å². The Kier molecular flexibility index (Phi) is 3.73. The summed E-state index contributed by atoms with van der Waals surface area (Å²) in [6, 6.07) is 11.8. The Bertz CT molecular complexity index is 598. The molecule has 0 radical (unpaired) electrons. The van der Waals surface area contributed by atoms with Crippen molar-refractivity contribution in [3.63, 3.8) is 0 Å². The van der Waals surface area contributed by atoms with Crippen molar-refractivity contribution in [1.82, 2.24) is 0 Å². The normalized spacial score (nSPS) is 10.1. The van der Waals surface area contributed by atoms with Gasteiger partial charge < -0.3 is 9.32 Å². The first-order valence-electron chi connectivity index (χ1n) is 5.56. The summed E-state index contributed by atoms with van der Waals surface area (Å²) in [6.07, 6.45) is 0. The minimum Gasteiger partial charge on any atom is -0.464 e. The van der Waals surface area contributed by atoms with Crippen molar-refractivity contribution < 1.29 is 4.42 Å². The van der Waals surface area contributed by atoms with Gasteiger partial charge in [-0.15, -0.1) is 0 Å². The molecule has 0 fully saturated rings. The largest absolute Gasteiger partial charge is 0.464 e. The monoisotopic (exact) mass is 304 g/mol. The fourth-order valence-corrected chi connectivity index (χ4v) is 2.18. The second-order valence-electron chi connectivity index (χ2n) is 4.14. The number of nitriles is 1. The fourth-order valence-electron chi connectivity index (χ4n) is 1.82. The number of furan rings is 1. The third-order valence-electron chi connectivity index (χ3n) is 2.68. The quantitative estimate of drug-likeness (QED) is 0.864. The molecule has 1 aromatic carbocycles. The van der Waals surface area contributed by atoms with Crippen LogP contribution in [-0.2, 0) is 6.54 Å². The van der Waals surface area contributed by atoms with Gasteiger partial charge in [0.25, 0.3) is 0 Å². The maximum Gasteiger partial charge on any atom is 0.123 e. The van der Waals surface area contributed by atoms with Crippen LogP contribution in [-0.4, -0.2) is 7.05 Å². The van der Waals surface area contributed by atoms with Crippen LogP contribution in [0.4, 0.5) is 5.69 Å². The summed E-state index contributed by atoms with van der Waals surface area (Å²) in [5, 5.41) is 9.14. The molecule has 0 atom stereocenters. The molecule has 0 saturated carbocycles. The van der Waals surface area contributed by atoms with Gasteiger partial charge in [-0.3, -0.25) is 0 Å². The van der Waals surface area contributed by atoms with E-state index < -0.39 is 0 Å². The molecule has 0 spiro atoms. The van der Waals surface area contributed by atoms with E-state index in [1.807, 2.05) is 49.2 Å². The summed E-state index contributed by atoms with van der Waals surface area (Å²) < 4.78 is 6.45. The number of benzene rings is 1. The first kappa shape index (κ1) is 12.7. The van der Waals surface area contributed by atoms with Crippen LogP contribution in [0.1, 0.15) is 17.1 Å². The van der Waals surface area contributed by atoms with E-state index in [4.69, 9.17) is 9.68 Å². The number of aryl methyl sites for hydroxylation is 1. The first-order chi connectivity index (χ1) is 8.60. The summed E-state index contributed by atoms with van der Waals surface area (Å²) in [6.45, 7) is 2.56. The topological polar surface area (TPSA) is 40.2 Å². The van der Waals surface area contributed by atoms with Gasteiger partial charge in [-0.05, 0) is 37.3 Å². The molecule has 2 rings (SSSR count). The van der Waals surface area contributed by atoms with Gasteiger partial charge in [-0.1, -0.05) is 15.9 Å². The van der Waals surface area contributed by atoms with E-state index in [0.29, 0.717) is 12.1 Å². The van der Waals surface area contributed by atoms with Crippen molar-refractivity contribution in [1.29, 1.82) is 5.26 Å². The number of hydrogen-bond donors (Lipinski definition) is 0. The molecule has 4 heteroatoms. The van der Waals surface area contributed by atoms with Crippen LogP contribution >= 0.6 is 15.9 Å². The third kappa shape index (κ3) is 2.74. The molecule has 1 heterocycles. The van der Waals surface area contributed by atoms with Gasteiger partial charge in [-0.2, -0.15) is 5.26 Å². The molecule has 0 aliphatic heterocycles. The molecule has 0 unspecified atom stereocenters. The van der Waals surface area contributed by atoms with Gasteiger partial charge in [0.05, 0.1) is 17.8 Å². The van der Waals surface area contributed by atoms with Crippen LogP contribution in [0.2, 0.25) is 0 Å². The minimum atomic E-state index is 0.643. The van der Waals surface area contributed by atoms with Crippen molar-refractivity contribution in [3.8, 4) is 6.07 Å². The molecule has 3 nitrogen and oxygen atoms in total. The molecule has 0 bridgehead atoms. The molecule has 2 aromatic rings. The lowest BCUT2D eigenvalue weighted by Crippen LogP contribution is -2.17. The Morgan fingerprint density at radius 3 is 2.72 bits per heavy atom. The maximum atomic E-state index is 9.14. The molecular weight excluding hydrogens is 292 g/mol. The SMILES string of the molecule is Cc1ccc(CN(C)c2ccc(Br)cc2C#N)o1. The van der Waals surface area contributed by atoms with Crippen molar-refractivity contribution in [2.45, 2.75) is 13.5 Å². The van der Waals surface area contributed by atoms with Crippen molar-refractivity contribution in [2.24, 2.45) is 0 Å². The highest BCUT2D eigenvalue weighted by Crippen LogP contribution is 2.24. The van der Waals surface area contributed by atoms with Crippen molar-refractivity contribution in [2.75, 3.05) is 11.9 Å². The highest BCUT2D eigenvalue weighted by molar-refractivity contribution is 9.10. The second-order valence-corrected chi connectivity index (χ2v) is 5.06. The first-order valence-corrected chi connectivity index (χ1v) is 6.35. The molecule has 92 valence electrons. The van der Waals surface area contributed by atoms with E-state index in [-0.39, 0.29) is 0 Å². The Hall–Kier alpha value is -1.73. The molecule has 0 aliphatic carbocycles. The van der Waals surface area contributed by atoms with E-state index >= 15 is 0 Å². The van der Waals surface area contributed by atoms with E-state index in [1.54, 1.807) is 0 Å². The summed E-state index contributed by atoms with van der Waals surface area (Å²) in [5.74, 6) is 1.79. The highest BCUT2D eigenvalue weighted by Gasteiger charge is 2.10. The Morgan fingerprint density at radius 1 is 1.33 bits per heavy atom. The molecule has 0 amide bonds. The number of halogens is 1. The standard InChI is InChI=1S/C14H13BrN2O/c1-10-3-5-13(18-10)9-17(2)14-6-4-12(15)7-11(14)8-16/h3-7H,9H2,1-2H3. The average molecular weight is 305 g/mol. The molecular formula is C14H13BrN2O. The lowest BCUT2D eigenvalue weighted by molar-refractivity contribution is 0.482. The van der Waals surface area contributed by atoms with Gasteiger partial charge in [0.2, 0.25) is 0 Å². The number of hydrogen-bond acceptors (Lipinski definition) is 3. The summed E-state index contributed by atoms with van der Waals surface area (Å²) in [7, 11) is 1.95. The van der Waals surface area contributed by atoms with Gasteiger partial charge >= 0.3 is 0 Å². The summed E-state index contributed by atoms with van der Waals surface area (Å²) in [4.78, 5) is 2.00. The zero-order chi connectivity index (χ0) is 13.1. The van der Waals surface area contributed by atoms with E-state index in [9.17, 15) is 0 Å². The van der Waals surface area contributed by atoms with E-state index in [0.717, 1.165) is 21.7 Å². The van der Waals surface area contributed by atoms with E-state index in [2.05, 4.69) is 22.0 Å². The van der Waals surface area contributed by atoms with Crippen LogP contribution in [0.25, 0.3) is 0 Å². The number of anilines is 1. The van der Waals surface area contributed by atoms with Crippen LogP contribution in [0.15, 0.2) is 39.2 Å². The molecule has 18 heavy (non-hydrogen) atoms. The van der Waals surface area contributed by atoms with Crippen LogP contribution in [0.3, 0.4) is 0 Å². The average Bonchev–Trinajstić information content (AvgIpc) is 2.74. The Balaban J connectivity index is 2.24. The second kappa shape index (κ2) is 5.28. The maximum absolute atomic E-state index is 9.14. The molecule has 0 aliphatic rings. The smallest absolute Gasteiger partial charge is 0.123 e. The predicted octanol–water partition coefficient (Wildman–Crippen LogP) is 3.86. The lowest BCUT2D eigenvalue weighted by atomic mass is 10.2. The number of nitrogens with zero attached hydrogens (tertiary/aromatic N) is 2. The highest BCUT2D eigenvalue weighted by atomic mass is 79.9. The van der Waals surface area contributed by atoms with Gasteiger partial charge in [-0.25, -0.2) is 0 Å². The molecule has 0 saturated heterocycles. The third-order valence-corrected chi connectivity index (χ3v) is 3.17. The predicted molar refractivity (Wildman–Crippen MR) is 74.4 cm³/mol. The molecule has 1 aromatic heterocycles. The molecule has 0 N–H and O–H groups in total. The Labute approximate surface area is 115 Å². The van der Waals surface area contributed by atoms with Crippen LogP contribution in [0, 0.1) is 18.3 Å². The lowest BCUT2D eigenvalue weighted by Gasteiger charge is -2.19. The summed E-state index contributed by atoms with van der Waals surface area (Å²) >= 11 is 3.37. The Morgan fingerprint density at radius 2 is 2.11 bits per heavy atom. The zero-order valence-electron chi connectivity index (χ0n) is 10.3. The van der Waals surface area contributed by atoms with Crippen molar-refractivity contribution in [3.05, 3.63) is 51.9 Å². The minimum absolute atomic E-state index is 0.643. The number of rotatable bonds is 3. The van der Waals surface area contributed by atoms with Crippen LogP contribution < -0.4 is 4.90 Å². The zero-order valence-corrected chi connectivity index (χ0v) is 11.9.